The Hall–Kier alpha value is 0.150. The van der Waals surface area contributed by atoms with Gasteiger partial charge in [0.1, 0.15) is 10.9 Å². The standard InChI is InChI=1S/C6H3Br2NS/c7-6(8)4-1-2-10-5(4)3-9/h1-2,6H. The molecule has 0 aromatic carbocycles. The van der Waals surface area contributed by atoms with E-state index in [1.54, 1.807) is 0 Å². The van der Waals surface area contributed by atoms with Crippen molar-refractivity contribution < 1.29 is 0 Å². The maximum Gasteiger partial charge on any atom is 0.110 e. The van der Waals surface area contributed by atoms with Crippen molar-refractivity contribution in [3.63, 3.8) is 0 Å². The van der Waals surface area contributed by atoms with Crippen LogP contribution in [0, 0.1) is 11.3 Å². The molecule has 0 saturated carbocycles. The van der Waals surface area contributed by atoms with E-state index < -0.39 is 0 Å². The van der Waals surface area contributed by atoms with Gasteiger partial charge in [-0.1, -0.05) is 31.9 Å². The molecule has 0 aliphatic carbocycles. The number of alkyl halides is 2. The molecule has 0 radical (unpaired) electrons. The minimum absolute atomic E-state index is 0.0981. The van der Waals surface area contributed by atoms with Crippen molar-refractivity contribution in [3.05, 3.63) is 21.9 Å². The van der Waals surface area contributed by atoms with Crippen LogP contribution in [0.15, 0.2) is 11.4 Å². The number of nitrogens with zero attached hydrogens (tertiary/aromatic N) is 1. The molecule has 0 saturated heterocycles. The van der Waals surface area contributed by atoms with Gasteiger partial charge in [0, 0.05) is 5.56 Å². The second-order valence-corrected chi connectivity index (χ2v) is 5.59. The SMILES string of the molecule is N#Cc1sccc1C(Br)Br. The minimum Gasteiger partial charge on any atom is -0.192 e. The fourth-order valence-electron chi connectivity index (χ4n) is 0.582. The normalized spacial score (nSPS) is 9.80. The average Bonchev–Trinajstić information content (AvgIpc) is 2.33. The van der Waals surface area contributed by atoms with Crippen LogP contribution in [0.4, 0.5) is 0 Å². The number of thiophene rings is 1. The van der Waals surface area contributed by atoms with Gasteiger partial charge >= 0.3 is 0 Å². The van der Waals surface area contributed by atoms with E-state index in [1.807, 2.05) is 11.4 Å². The molecule has 1 heterocycles. The number of hydrogen-bond donors (Lipinski definition) is 0. The lowest BCUT2D eigenvalue weighted by molar-refractivity contribution is 1.43. The maximum absolute atomic E-state index is 8.57. The van der Waals surface area contributed by atoms with Gasteiger partial charge in [0.2, 0.25) is 0 Å². The van der Waals surface area contributed by atoms with Crippen molar-refractivity contribution in [2.24, 2.45) is 0 Å². The van der Waals surface area contributed by atoms with Crippen LogP contribution >= 0.6 is 43.2 Å². The van der Waals surface area contributed by atoms with Crippen molar-refractivity contribution in [3.8, 4) is 6.07 Å². The molecule has 0 spiro atoms. The van der Waals surface area contributed by atoms with Gasteiger partial charge in [-0.15, -0.1) is 11.3 Å². The molecule has 4 heteroatoms. The summed E-state index contributed by atoms with van der Waals surface area (Å²) in [6.07, 6.45) is 0. The Balaban J connectivity index is 3.05. The quantitative estimate of drug-likeness (QED) is 0.724. The van der Waals surface area contributed by atoms with E-state index in [1.165, 1.54) is 11.3 Å². The molecular weight excluding hydrogens is 278 g/mol. The Bertz CT molecular complexity index is 261. The molecule has 0 atom stereocenters. The molecule has 1 nitrogen and oxygen atoms in total. The highest BCUT2D eigenvalue weighted by molar-refractivity contribution is 9.24. The van der Waals surface area contributed by atoms with Crippen LogP contribution in [0.2, 0.25) is 0 Å². The second kappa shape index (κ2) is 3.51. The van der Waals surface area contributed by atoms with Gasteiger partial charge in [-0.05, 0) is 11.4 Å². The van der Waals surface area contributed by atoms with Gasteiger partial charge in [0.15, 0.2) is 0 Å². The first-order chi connectivity index (χ1) is 4.75. The lowest BCUT2D eigenvalue weighted by Gasteiger charge is -1.95. The fourth-order valence-corrected chi connectivity index (χ4v) is 2.37. The van der Waals surface area contributed by atoms with E-state index in [0.717, 1.165) is 10.4 Å². The molecule has 0 N–H and O–H groups in total. The summed E-state index contributed by atoms with van der Waals surface area (Å²) >= 11 is 8.11. The zero-order chi connectivity index (χ0) is 7.56. The molecule has 1 rings (SSSR count). The first kappa shape index (κ1) is 8.25. The van der Waals surface area contributed by atoms with E-state index in [2.05, 4.69) is 37.9 Å². The molecule has 0 unspecified atom stereocenters. The summed E-state index contributed by atoms with van der Waals surface area (Å²) in [5, 5.41) is 10.5. The lowest BCUT2D eigenvalue weighted by atomic mass is 10.3. The van der Waals surface area contributed by atoms with E-state index in [0.29, 0.717) is 0 Å². The highest BCUT2D eigenvalue weighted by atomic mass is 79.9. The lowest BCUT2D eigenvalue weighted by Crippen LogP contribution is -1.77. The van der Waals surface area contributed by atoms with Gasteiger partial charge in [-0.25, -0.2) is 0 Å². The molecule has 10 heavy (non-hydrogen) atoms. The first-order valence-corrected chi connectivity index (χ1v) is 5.22. The van der Waals surface area contributed by atoms with E-state index in [9.17, 15) is 0 Å². The highest BCUT2D eigenvalue weighted by Gasteiger charge is 2.08. The van der Waals surface area contributed by atoms with Crippen LogP contribution in [0.25, 0.3) is 0 Å². The molecule has 1 aromatic heterocycles. The van der Waals surface area contributed by atoms with E-state index in [-0.39, 0.29) is 3.74 Å². The Morgan fingerprint density at radius 3 is 2.70 bits per heavy atom. The Morgan fingerprint density at radius 1 is 1.60 bits per heavy atom. The summed E-state index contributed by atoms with van der Waals surface area (Å²) in [6, 6.07) is 4.04. The zero-order valence-electron chi connectivity index (χ0n) is 4.84. The Kier molecular flexibility index (Phi) is 2.90. The monoisotopic (exact) mass is 279 g/mol. The molecule has 0 amide bonds. The predicted molar refractivity (Wildman–Crippen MR) is 49.6 cm³/mol. The van der Waals surface area contributed by atoms with Gasteiger partial charge in [-0.2, -0.15) is 5.26 Å². The predicted octanol–water partition coefficient (Wildman–Crippen LogP) is 3.41. The van der Waals surface area contributed by atoms with Crippen molar-refractivity contribution >= 4 is 43.2 Å². The third kappa shape index (κ3) is 1.60. The van der Waals surface area contributed by atoms with Crippen LogP contribution in [0.1, 0.15) is 14.2 Å². The average molecular weight is 281 g/mol. The fraction of sp³-hybridized carbons (Fsp3) is 0.167. The maximum atomic E-state index is 8.57. The first-order valence-electron chi connectivity index (χ1n) is 2.51. The molecule has 0 bridgehead atoms. The topological polar surface area (TPSA) is 23.8 Å². The van der Waals surface area contributed by atoms with Crippen molar-refractivity contribution in [1.29, 1.82) is 5.26 Å². The third-order valence-corrected chi connectivity index (χ3v) is 2.85. The number of halogens is 2. The Morgan fingerprint density at radius 2 is 2.30 bits per heavy atom. The summed E-state index contributed by atoms with van der Waals surface area (Å²) in [7, 11) is 0. The summed E-state index contributed by atoms with van der Waals surface area (Å²) in [5.74, 6) is 0. The number of rotatable bonds is 1. The summed E-state index contributed by atoms with van der Waals surface area (Å²) in [5.41, 5.74) is 1.01. The molecular formula is C6H3Br2NS. The van der Waals surface area contributed by atoms with E-state index >= 15 is 0 Å². The van der Waals surface area contributed by atoms with Crippen molar-refractivity contribution in [1.82, 2.24) is 0 Å². The molecule has 52 valence electrons. The van der Waals surface area contributed by atoms with Crippen LogP contribution < -0.4 is 0 Å². The van der Waals surface area contributed by atoms with Gasteiger partial charge in [0.05, 0.1) is 3.74 Å². The van der Waals surface area contributed by atoms with Crippen LogP contribution in [0.5, 0.6) is 0 Å². The van der Waals surface area contributed by atoms with Crippen LogP contribution in [0.3, 0.4) is 0 Å². The number of nitriles is 1. The van der Waals surface area contributed by atoms with Gasteiger partial charge in [-0.3, -0.25) is 0 Å². The van der Waals surface area contributed by atoms with Crippen molar-refractivity contribution in [2.45, 2.75) is 3.74 Å². The smallest absolute Gasteiger partial charge is 0.110 e. The molecule has 1 aromatic rings. The second-order valence-electron chi connectivity index (χ2n) is 1.62. The zero-order valence-corrected chi connectivity index (χ0v) is 8.83. The third-order valence-electron chi connectivity index (χ3n) is 1.03. The van der Waals surface area contributed by atoms with Gasteiger partial charge < -0.3 is 0 Å². The summed E-state index contributed by atoms with van der Waals surface area (Å²) in [6.45, 7) is 0. The Labute approximate surface area is 79.9 Å². The largest absolute Gasteiger partial charge is 0.192 e. The molecule has 0 aliphatic rings. The van der Waals surface area contributed by atoms with E-state index in [4.69, 9.17) is 5.26 Å². The van der Waals surface area contributed by atoms with Crippen LogP contribution in [-0.4, -0.2) is 0 Å². The van der Waals surface area contributed by atoms with Crippen LogP contribution in [-0.2, 0) is 0 Å². The summed E-state index contributed by atoms with van der Waals surface area (Å²) < 4.78 is 0.0981. The number of hydrogen-bond acceptors (Lipinski definition) is 2. The minimum atomic E-state index is 0.0981. The highest BCUT2D eigenvalue weighted by Crippen LogP contribution is 2.33. The molecule has 0 aliphatic heterocycles. The summed E-state index contributed by atoms with van der Waals surface area (Å²) in [4.78, 5) is 0.763. The van der Waals surface area contributed by atoms with Gasteiger partial charge in [0.25, 0.3) is 0 Å². The molecule has 0 fully saturated rings. The van der Waals surface area contributed by atoms with Crippen molar-refractivity contribution in [2.75, 3.05) is 0 Å².